The molecule has 3 fully saturated rings. The van der Waals surface area contributed by atoms with Crippen LogP contribution in [-0.4, -0.2) is 60.3 Å². The molecule has 0 amide bonds. The lowest BCUT2D eigenvalue weighted by Crippen LogP contribution is -2.43. The highest BCUT2D eigenvalue weighted by Crippen LogP contribution is 2.41. The van der Waals surface area contributed by atoms with E-state index in [1.54, 1.807) is 10.8 Å². The van der Waals surface area contributed by atoms with Crippen molar-refractivity contribution < 1.29 is 28.4 Å². The summed E-state index contributed by atoms with van der Waals surface area (Å²) < 4.78 is 37.6. The van der Waals surface area contributed by atoms with Crippen LogP contribution in [0.4, 0.5) is 0 Å². The summed E-state index contributed by atoms with van der Waals surface area (Å²) in [6.45, 7) is 1.77. The Labute approximate surface area is 162 Å². The van der Waals surface area contributed by atoms with Crippen molar-refractivity contribution in [3.05, 3.63) is 22.6 Å². The van der Waals surface area contributed by atoms with Gasteiger partial charge in [-0.1, -0.05) is 0 Å². The van der Waals surface area contributed by atoms with E-state index in [9.17, 15) is 4.79 Å². The predicted molar refractivity (Wildman–Crippen MR) is 94.8 cm³/mol. The Morgan fingerprint density at radius 2 is 1.89 bits per heavy atom. The van der Waals surface area contributed by atoms with Crippen molar-refractivity contribution >= 4 is 0 Å². The average Bonchev–Trinajstić information content (AvgIpc) is 3.24. The Morgan fingerprint density at radius 1 is 1.11 bits per heavy atom. The summed E-state index contributed by atoms with van der Waals surface area (Å²) in [5.41, 5.74) is -0.339. The maximum Gasteiger partial charge on any atom is 0.302 e. The molecule has 0 bridgehead atoms. The van der Waals surface area contributed by atoms with Crippen LogP contribution in [0.3, 0.4) is 0 Å². The molecule has 0 aliphatic carbocycles. The van der Waals surface area contributed by atoms with Crippen molar-refractivity contribution in [1.29, 1.82) is 0 Å². The normalized spacial score (nSPS) is 37.3. The van der Waals surface area contributed by atoms with Crippen LogP contribution >= 0.6 is 0 Å². The van der Waals surface area contributed by atoms with E-state index in [1.165, 1.54) is 6.07 Å². The monoisotopic (exact) mass is 394 g/mol. The third kappa shape index (κ3) is 3.69. The molecular formula is C19H26N2O7. The molecule has 0 radical (unpaired) electrons. The molecule has 0 N–H and O–H groups in total. The quantitative estimate of drug-likeness (QED) is 0.739. The smallest absolute Gasteiger partial charge is 0.302 e. The van der Waals surface area contributed by atoms with Gasteiger partial charge in [0.25, 0.3) is 5.56 Å². The minimum atomic E-state index is -0.405. The first-order valence-electron chi connectivity index (χ1n) is 10.2. The van der Waals surface area contributed by atoms with E-state index in [0.29, 0.717) is 13.2 Å². The number of fused-ring (bicyclic) bond motifs is 3. The van der Waals surface area contributed by atoms with Crippen LogP contribution in [0.1, 0.15) is 44.8 Å². The molecule has 1 aromatic rings. The molecule has 4 aliphatic rings. The summed E-state index contributed by atoms with van der Waals surface area (Å²) in [4.78, 5) is 15.5. The first kappa shape index (κ1) is 18.5. The highest BCUT2D eigenvalue weighted by molar-refractivity contribution is 5.11. The fourth-order valence-corrected chi connectivity index (χ4v) is 4.19. The summed E-state index contributed by atoms with van der Waals surface area (Å²) in [6.07, 6.45) is 5.69. The molecule has 9 nitrogen and oxygen atoms in total. The van der Waals surface area contributed by atoms with Gasteiger partial charge in [0.05, 0.1) is 6.61 Å². The van der Waals surface area contributed by atoms with Crippen LogP contribution in [0.15, 0.2) is 17.1 Å². The van der Waals surface area contributed by atoms with Crippen LogP contribution in [0, 0.1) is 0 Å². The van der Waals surface area contributed by atoms with Gasteiger partial charge in [-0.3, -0.25) is 9.36 Å². The van der Waals surface area contributed by atoms with Crippen LogP contribution in [0.2, 0.25) is 0 Å². The summed E-state index contributed by atoms with van der Waals surface area (Å²) >= 11 is 0. The van der Waals surface area contributed by atoms with Gasteiger partial charge in [-0.15, -0.1) is 0 Å². The third-order valence-corrected chi connectivity index (χ3v) is 5.64. The zero-order chi connectivity index (χ0) is 18.9. The Kier molecular flexibility index (Phi) is 5.34. The number of hydrogen-bond acceptors (Lipinski definition) is 8. The largest absolute Gasteiger partial charge is 0.453 e. The number of rotatable bonds is 5. The van der Waals surface area contributed by atoms with Gasteiger partial charge in [0.2, 0.25) is 0 Å². The fourth-order valence-electron chi connectivity index (χ4n) is 4.19. The van der Waals surface area contributed by atoms with Crippen LogP contribution in [-0.2, 0) is 23.7 Å². The first-order valence-corrected chi connectivity index (χ1v) is 10.2. The van der Waals surface area contributed by atoms with Gasteiger partial charge < -0.3 is 28.4 Å². The molecule has 28 heavy (non-hydrogen) atoms. The maximum atomic E-state index is 11.6. The van der Waals surface area contributed by atoms with Crippen molar-refractivity contribution in [3.8, 4) is 6.01 Å². The minimum Gasteiger partial charge on any atom is -0.453 e. The van der Waals surface area contributed by atoms with Gasteiger partial charge in [0, 0.05) is 25.5 Å². The number of hydrogen-bond donors (Lipinski definition) is 0. The van der Waals surface area contributed by atoms with Gasteiger partial charge >= 0.3 is 6.01 Å². The molecule has 0 saturated carbocycles. The predicted octanol–water partition coefficient (Wildman–Crippen LogP) is 1.36. The van der Waals surface area contributed by atoms with Crippen molar-refractivity contribution in [2.75, 3.05) is 19.8 Å². The lowest BCUT2D eigenvalue weighted by atomic mass is 10.1. The minimum absolute atomic E-state index is 0.199. The van der Waals surface area contributed by atoms with Crippen LogP contribution in [0.25, 0.3) is 0 Å². The molecule has 0 unspecified atom stereocenters. The summed E-state index contributed by atoms with van der Waals surface area (Å²) in [5, 5.41) is 0. The number of aromatic nitrogens is 2. The van der Waals surface area contributed by atoms with Gasteiger partial charge in [0.1, 0.15) is 12.2 Å². The first-order chi connectivity index (χ1) is 13.8. The van der Waals surface area contributed by atoms with E-state index in [1.807, 2.05) is 0 Å². The number of nitrogens with zero attached hydrogens (tertiary/aromatic N) is 2. The highest BCUT2D eigenvalue weighted by atomic mass is 16.7. The van der Waals surface area contributed by atoms with Crippen molar-refractivity contribution in [3.63, 3.8) is 0 Å². The zero-order valence-electron chi connectivity index (χ0n) is 15.7. The van der Waals surface area contributed by atoms with E-state index in [-0.39, 0.29) is 36.4 Å². The molecule has 0 aromatic carbocycles. The van der Waals surface area contributed by atoms with Crippen molar-refractivity contribution in [1.82, 2.24) is 9.55 Å². The van der Waals surface area contributed by atoms with Crippen LogP contribution < -0.4 is 10.3 Å². The Bertz CT molecular complexity index is 729. The van der Waals surface area contributed by atoms with E-state index < -0.39 is 12.3 Å². The second kappa shape index (κ2) is 8.08. The van der Waals surface area contributed by atoms with Crippen LogP contribution in [0.5, 0.6) is 6.01 Å². The summed E-state index contributed by atoms with van der Waals surface area (Å²) in [7, 11) is 0. The summed E-state index contributed by atoms with van der Waals surface area (Å²) in [5.74, 6) is 0. The molecule has 9 heteroatoms. The third-order valence-electron chi connectivity index (χ3n) is 5.64. The zero-order valence-corrected chi connectivity index (χ0v) is 15.7. The highest BCUT2D eigenvalue weighted by Gasteiger charge is 2.53. The van der Waals surface area contributed by atoms with E-state index >= 15 is 0 Å². The second-order valence-corrected chi connectivity index (χ2v) is 7.63. The van der Waals surface area contributed by atoms with Gasteiger partial charge in [-0.25, -0.2) is 0 Å². The molecule has 0 spiro atoms. The van der Waals surface area contributed by atoms with Crippen molar-refractivity contribution in [2.24, 2.45) is 0 Å². The Balaban J connectivity index is 1.31. The molecule has 4 aliphatic heterocycles. The Morgan fingerprint density at radius 3 is 2.64 bits per heavy atom. The topological polar surface area (TPSA) is 90.3 Å². The maximum absolute atomic E-state index is 11.6. The molecule has 1 aromatic heterocycles. The standard InChI is InChI=1S/C19H26N2O7/c22-13-7-8-21-18-17(28-19(21)20-13)16(27-15-6-2-4-10-24-15)12(26-18)11-25-14-5-1-3-9-23-14/h7-8,12,14-18H,1-6,9-11H2/t12-,14+,15+,16+,17+,18-/m0/s1. The molecule has 3 saturated heterocycles. The lowest BCUT2D eigenvalue weighted by molar-refractivity contribution is -0.223. The van der Waals surface area contributed by atoms with E-state index in [4.69, 9.17) is 28.4 Å². The molecular weight excluding hydrogens is 368 g/mol. The van der Waals surface area contributed by atoms with Gasteiger partial charge in [-0.05, 0) is 38.5 Å². The Hall–Kier alpha value is -1.52. The lowest BCUT2D eigenvalue weighted by Gasteiger charge is -2.30. The molecule has 6 atom stereocenters. The fraction of sp³-hybridized carbons (Fsp3) is 0.789. The van der Waals surface area contributed by atoms with E-state index in [2.05, 4.69) is 4.98 Å². The number of ether oxygens (including phenoxy) is 6. The average molecular weight is 394 g/mol. The van der Waals surface area contributed by atoms with Crippen molar-refractivity contribution in [2.45, 2.75) is 75.6 Å². The molecule has 5 heterocycles. The van der Waals surface area contributed by atoms with Gasteiger partial charge in [0.15, 0.2) is 24.9 Å². The second-order valence-electron chi connectivity index (χ2n) is 7.63. The van der Waals surface area contributed by atoms with Gasteiger partial charge in [-0.2, -0.15) is 4.98 Å². The summed E-state index contributed by atoms with van der Waals surface area (Å²) in [6, 6.07) is 1.66. The SMILES string of the molecule is O=c1ccn2c(n1)O[C@@H]1[C@H](O[C@@H]3CCCCO3)[C@H](CO[C@@H]3CCCCO3)O[C@@H]12. The van der Waals surface area contributed by atoms with E-state index in [0.717, 1.165) is 45.1 Å². The molecule has 154 valence electrons. The molecule has 5 rings (SSSR count).